The summed E-state index contributed by atoms with van der Waals surface area (Å²) >= 11 is 10.4. The third-order valence-corrected chi connectivity index (χ3v) is 1.80. The molecule has 15 heavy (non-hydrogen) atoms. The summed E-state index contributed by atoms with van der Waals surface area (Å²) in [7, 11) is 0. The van der Waals surface area contributed by atoms with Crippen LogP contribution in [0.15, 0.2) is 0 Å². The minimum Gasteiger partial charge on any atom is -0.432 e. The fourth-order valence-electron chi connectivity index (χ4n) is 0.992. The topological polar surface area (TPSA) is 46.6 Å². The molecular formula is C9H15Cl2NO3. The second-order valence-electron chi connectivity index (χ2n) is 4.30. The van der Waals surface area contributed by atoms with E-state index in [0.29, 0.717) is 6.54 Å². The number of carbonyl (C=O) groups excluding carboxylic acids is 2. The maximum Gasteiger partial charge on any atom is 0.405 e. The Morgan fingerprint density at radius 1 is 1.33 bits per heavy atom. The van der Waals surface area contributed by atoms with Crippen LogP contribution in [-0.4, -0.2) is 35.4 Å². The van der Waals surface area contributed by atoms with E-state index in [0.717, 1.165) is 0 Å². The zero-order valence-electron chi connectivity index (χ0n) is 9.05. The predicted octanol–water partition coefficient (Wildman–Crippen LogP) is 2.43. The minimum absolute atomic E-state index is 0.0968. The molecule has 0 radical (unpaired) electrons. The van der Waals surface area contributed by atoms with E-state index < -0.39 is 5.43 Å². The van der Waals surface area contributed by atoms with Gasteiger partial charge in [-0.3, -0.25) is 4.79 Å². The third-order valence-electron chi connectivity index (χ3n) is 1.47. The van der Waals surface area contributed by atoms with E-state index in [-0.39, 0.29) is 23.9 Å². The molecule has 0 N–H and O–H groups in total. The number of amides is 1. The van der Waals surface area contributed by atoms with Crippen LogP contribution in [0.25, 0.3) is 0 Å². The molecular weight excluding hydrogens is 241 g/mol. The zero-order chi connectivity index (χ0) is 12.1. The van der Waals surface area contributed by atoms with Gasteiger partial charge in [0.1, 0.15) is 5.88 Å². The summed E-state index contributed by atoms with van der Waals surface area (Å²) in [5.41, 5.74) is -1.03. The Bertz CT molecular complexity index is 238. The molecule has 0 aliphatic heterocycles. The van der Waals surface area contributed by atoms with Crippen LogP contribution in [0, 0.1) is 5.41 Å². The Morgan fingerprint density at radius 2 is 1.87 bits per heavy atom. The van der Waals surface area contributed by atoms with E-state index >= 15 is 0 Å². The molecule has 0 saturated carbocycles. The second-order valence-corrected chi connectivity index (χ2v) is 4.87. The second kappa shape index (κ2) is 6.18. The molecule has 4 nitrogen and oxygen atoms in total. The molecule has 0 bridgehead atoms. The number of carbonyl (C=O) groups is 2. The maximum absolute atomic E-state index is 11.4. The van der Waals surface area contributed by atoms with E-state index in [4.69, 9.17) is 23.2 Å². The first kappa shape index (κ1) is 14.5. The molecule has 0 spiro atoms. The molecule has 0 rings (SSSR count). The molecule has 6 heteroatoms. The van der Waals surface area contributed by atoms with Gasteiger partial charge in [-0.2, -0.15) is 0 Å². The summed E-state index contributed by atoms with van der Waals surface area (Å²) in [6.45, 7) is 6.17. The lowest BCUT2D eigenvalue weighted by atomic mass is 9.96. The molecule has 0 aromatic carbocycles. The highest BCUT2D eigenvalue weighted by Gasteiger charge is 2.21. The number of hydrogen-bond donors (Lipinski definition) is 0. The Hall–Kier alpha value is -0.480. The number of rotatable bonds is 4. The van der Waals surface area contributed by atoms with Crippen molar-refractivity contribution in [1.82, 2.24) is 4.90 Å². The van der Waals surface area contributed by atoms with Crippen LogP contribution in [0.4, 0.5) is 4.79 Å². The normalized spacial score (nSPS) is 11.0. The van der Waals surface area contributed by atoms with Crippen molar-refractivity contribution < 1.29 is 14.3 Å². The lowest BCUT2D eigenvalue weighted by molar-refractivity contribution is -0.133. The lowest BCUT2D eigenvalue weighted by Gasteiger charge is -2.28. The molecule has 0 aromatic heterocycles. The van der Waals surface area contributed by atoms with Gasteiger partial charge in [-0.25, -0.2) is 4.79 Å². The van der Waals surface area contributed by atoms with Gasteiger partial charge in [0.2, 0.25) is 5.91 Å². The van der Waals surface area contributed by atoms with Crippen molar-refractivity contribution in [2.45, 2.75) is 20.8 Å². The number of nitrogens with zero attached hydrogens (tertiary/aromatic N) is 1. The van der Waals surface area contributed by atoms with Crippen LogP contribution in [-0.2, 0) is 9.53 Å². The average Bonchev–Trinajstić information content (AvgIpc) is 2.08. The summed E-state index contributed by atoms with van der Waals surface area (Å²) in [5, 5.41) is 0. The number of ether oxygens (including phenoxy) is 1. The largest absolute Gasteiger partial charge is 0.432 e. The molecule has 0 fully saturated rings. The van der Waals surface area contributed by atoms with Gasteiger partial charge in [-0.1, -0.05) is 20.8 Å². The standard InChI is InChI=1S/C9H15Cl2NO3/c1-9(2,3)5-12(7(13)4-10)6-15-8(11)14/h4-6H2,1-3H3. The first-order chi connectivity index (χ1) is 6.76. The fourth-order valence-corrected chi connectivity index (χ4v) is 1.21. The number of halogens is 2. The molecule has 0 atom stereocenters. The smallest absolute Gasteiger partial charge is 0.405 e. The molecule has 0 aliphatic carbocycles. The van der Waals surface area contributed by atoms with Crippen molar-refractivity contribution in [2.75, 3.05) is 19.2 Å². The van der Waals surface area contributed by atoms with Crippen molar-refractivity contribution in [1.29, 1.82) is 0 Å². The van der Waals surface area contributed by atoms with Crippen molar-refractivity contribution in [3.63, 3.8) is 0 Å². The van der Waals surface area contributed by atoms with E-state index in [1.807, 2.05) is 20.8 Å². The van der Waals surface area contributed by atoms with E-state index in [1.54, 1.807) is 0 Å². The predicted molar refractivity (Wildman–Crippen MR) is 59.1 cm³/mol. The Labute approximate surface area is 99.5 Å². The van der Waals surface area contributed by atoms with Crippen LogP contribution < -0.4 is 0 Å². The molecule has 0 saturated heterocycles. The fraction of sp³-hybridized carbons (Fsp3) is 0.778. The summed E-state index contributed by atoms with van der Waals surface area (Å²) in [5.74, 6) is -0.430. The lowest BCUT2D eigenvalue weighted by Crippen LogP contribution is -2.40. The molecule has 0 aromatic rings. The first-order valence-corrected chi connectivity index (χ1v) is 5.33. The van der Waals surface area contributed by atoms with Crippen LogP contribution in [0.2, 0.25) is 0 Å². The third kappa shape index (κ3) is 7.45. The average molecular weight is 256 g/mol. The van der Waals surface area contributed by atoms with Crippen LogP contribution in [0.1, 0.15) is 20.8 Å². The Balaban J connectivity index is 4.32. The molecule has 0 heterocycles. The molecule has 88 valence electrons. The Morgan fingerprint density at radius 3 is 2.20 bits per heavy atom. The van der Waals surface area contributed by atoms with Gasteiger partial charge in [-0.05, 0) is 5.41 Å². The zero-order valence-corrected chi connectivity index (χ0v) is 10.6. The van der Waals surface area contributed by atoms with Gasteiger partial charge in [0, 0.05) is 18.1 Å². The first-order valence-electron chi connectivity index (χ1n) is 4.42. The summed E-state index contributed by atoms with van der Waals surface area (Å²) in [6.07, 6.45) is 0. The SMILES string of the molecule is CC(C)(C)CN(COC(=O)Cl)C(=O)CCl. The van der Waals surface area contributed by atoms with Crippen LogP contribution >= 0.6 is 23.2 Å². The van der Waals surface area contributed by atoms with Crippen molar-refractivity contribution in [3.8, 4) is 0 Å². The molecule has 0 aliphatic rings. The Kier molecular flexibility index (Phi) is 5.98. The number of hydrogen-bond acceptors (Lipinski definition) is 3. The van der Waals surface area contributed by atoms with Gasteiger partial charge in [-0.15, -0.1) is 11.6 Å². The summed E-state index contributed by atoms with van der Waals surface area (Å²) in [6, 6.07) is 0. The minimum atomic E-state index is -0.934. The van der Waals surface area contributed by atoms with Crippen molar-refractivity contribution in [3.05, 3.63) is 0 Å². The van der Waals surface area contributed by atoms with Gasteiger partial charge < -0.3 is 9.64 Å². The van der Waals surface area contributed by atoms with Crippen LogP contribution in [0.3, 0.4) is 0 Å². The highest BCUT2D eigenvalue weighted by Crippen LogP contribution is 2.15. The highest BCUT2D eigenvalue weighted by molar-refractivity contribution is 6.61. The van der Waals surface area contributed by atoms with Gasteiger partial charge in [0.15, 0.2) is 6.73 Å². The quantitative estimate of drug-likeness (QED) is 0.441. The van der Waals surface area contributed by atoms with Crippen molar-refractivity contribution in [2.24, 2.45) is 5.41 Å². The summed E-state index contributed by atoms with van der Waals surface area (Å²) < 4.78 is 4.55. The van der Waals surface area contributed by atoms with E-state index in [2.05, 4.69) is 4.74 Å². The maximum atomic E-state index is 11.4. The van der Waals surface area contributed by atoms with Gasteiger partial charge >= 0.3 is 5.43 Å². The highest BCUT2D eigenvalue weighted by atomic mass is 35.5. The monoisotopic (exact) mass is 255 g/mol. The molecule has 0 unspecified atom stereocenters. The summed E-state index contributed by atoms with van der Waals surface area (Å²) in [4.78, 5) is 23.1. The van der Waals surface area contributed by atoms with Gasteiger partial charge in [0.05, 0.1) is 0 Å². The van der Waals surface area contributed by atoms with E-state index in [1.165, 1.54) is 4.90 Å². The van der Waals surface area contributed by atoms with E-state index in [9.17, 15) is 9.59 Å². The molecule has 1 amide bonds. The van der Waals surface area contributed by atoms with Gasteiger partial charge in [0.25, 0.3) is 0 Å². The van der Waals surface area contributed by atoms with Crippen molar-refractivity contribution >= 4 is 34.5 Å². The number of alkyl halides is 1. The van der Waals surface area contributed by atoms with Crippen LogP contribution in [0.5, 0.6) is 0 Å².